The van der Waals surface area contributed by atoms with Gasteiger partial charge in [-0.05, 0) is 53.2 Å². The number of anilines is 1. The van der Waals surface area contributed by atoms with Crippen molar-refractivity contribution in [1.29, 1.82) is 0 Å². The lowest BCUT2D eigenvalue weighted by Crippen LogP contribution is -2.57. The Morgan fingerprint density at radius 2 is 1.85 bits per heavy atom. The van der Waals surface area contributed by atoms with Crippen molar-refractivity contribution in [3.8, 4) is 5.88 Å². The van der Waals surface area contributed by atoms with E-state index < -0.39 is 11.4 Å². The lowest BCUT2D eigenvalue weighted by atomic mass is 10.1. The van der Waals surface area contributed by atoms with Crippen molar-refractivity contribution in [2.75, 3.05) is 23.7 Å². The van der Waals surface area contributed by atoms with Crippen LogP contribution in [0.1, 0.15) is 54.4 Å². The zero-order chi connectivity index (χ0) is 24.8. The maximum absolute atomic E-state index is 15.1. The number of hydrogen-bond donors (Lipinski definition) is 0. The van der Waals surface area contributed by atoms with E-state index in [1.54, 1.807) is 0 Å². The zero-order valence-corrected chi connectivity index (χ0v) is 22.0. The molecular weight excluding hydrogens is 481 g/mol. The van der Waals surface area contributed by atoms with Crippen LogP contribution in [-0.4, -0.2) is 68.6 Å². The van der Waals surface area contributed by atoms with Crippen molar-refractivity contribution >= 4 is 46.2 Å². The molecule has 34 heavy (non-hydrogen) atoms. The molecule has 4 heterocycles. The van der Waals surface area contributed by atoms with E-state index in [0.29, 0.717) is 29.5 Å². The monoisotopic (exact) mass is 511 g/mol. The minimum Gasteiger partial charge on any atom is -0.474 e. The first-order valence-electron chi connectivity index (χ1n) is 11.6. The molecule has 2 atom stereocenters. The molecule has 0 saturated carbocycles. The number of rotatable bonds is 5. The van der Waals surface area contributed by atoms with Gasteiger partial charge < -0.3 is 14.4 Å². The van der Waals surface area contributed by atoms with Gasteiger partial charge in [-0.3, -0.25) is 4.90 Å². The van der Waals surface area contributed by atoms with E-state index in [1.807, 2.05) is 46.4 Å². The molecule has 8 nitrogen and oxygen atoms in total. The highest BCUT2D eigenvalue weighted by atomic mass is 35.5. The summed E-state index contributed by atoms with van der Waals surface area (Å²) in [7, 11) is 0. The number of amides is 1. The number of aromatic nitrogens is 3. The third-order valence-electron chi connectivity index (χ3n) is 5.68. The molecule has 2 aromatic heterocycles. The van der Waals surface area contributed by atoms with Crippen molar-refractivity contribution < 1.29 is 18.7 Å². The topological polar surface area (TPSA) is 80.7 Å². The van der Waals surface area contributed by atoms with Gasteiger partial charge in [0.2, 0.25) is 5.88 Å². The molecule has 4 rings (SSSR count). The first-order chi connectivity index (χ1) is 16.0. The van der Waals surface area contributed by atoms with E-state index in [4.69, 9.17) is 26.1 Å². The molecule has 0 aromatic carbocycles. The number of pyridine rings is 1. The molecule has 2 aromatic rings. The van der Waals surface area contributed by atoms with Crippen LogP contribution in [0.3, 0.4) is 0 Å². The van der Waals surface area contributed by atoms with Crippen molar-refractivity contribution in [2.45, 2.75) is 83.3 Å². The number of hydrogen-bond acceptors (Lipinski definition) is 8. The summed E-state index contributed by atoms with van der Waals surface area (Å²) in [6, 6.07) is -0.0547. The lowest BCUT2D eigenvalue weighted by molar-refractivity contribution is 0.0123. The fourth-order valence-electron chi connectivity index (χ4n) is 4.50. The summed E-state index contributed by atoms with van der Waals surface area (Å²) in [5.74, 6) is 0.810. The van der Waals surface area contributed by atoms with Crippen LogP contribution in [0.25, 0.3) is 10.9 Å². The van der Waals surface area contributed by atoms with Gasteiger partial charge in [0.15, 0.2) is 16.1 Å². The normalized spacial score (nSPS) is 20.4. The molecule has 2 bridgehead atoms. The summed E-state index contributed by atoms with van der Waals surface area (Å²) < 4.78 is 26.7. The van der Waals surface area contributed by atoms with Gasteiger partial charge in [-0.2, -0.15) is 4.98 Å². The van der Waals surface area contributed by atoms with E-state index >= 15 is 4.39 Å². The van der Waals surface area contributed by atoms with E-state index in [1.165, 1.54) is 11.8 Å². The lowest BCUT2D eigenvalue weighted by Gasteiger charge is -2.42. The largest absolute Gasteiger partial charge is 0.474 e. The highest BCUT2D eigenvalue weighted by Crippen LogP contribution is 2.40. The van der Waals surface area contributed by atoms with Crippen LogP contribution in [-0.2, 0) is 4.74 Å². The van der Waals surface area contributed by atoms with Gasteiger partial charge in [0.1, 0.15) is 22.3 Å². The highest BCUT2D eigenvalue weighted by Gasteiger charge is 2.45. The van der Waals surface area contributed by atoms with Crippen molar-refractivity contribution in [2.24, 2.45) is 0 Å². The predicted molar refractivity (Wildman–Crippen MR) is 132 cm³/mol. The Morgan fingerprint density at radius 3 is 2.41 bits per heavy atom. The van der Waals surface area contributed by atoms with Crippen LogP contribution in [0.2, 0.25) is 5.15 Å². The number of ether oxygens (including phenoxy) is 2. The third-order valence-corrected chi connectivity index (χ3v) is 6.66. The standard InChI is InChI=1S/C23H31ClFN5O3S/c1-7-34-21-26-17-15(20(32-12(2)3)27-18(24)16(17)25)19(28-21)29-10-13-8-9-14(11-29)30(13)22(31)33-23(4,5)6/h12-14H,7-11H2,1-6H3. The summed E-state index contributed by atoms with van der Waals surface area (Å²) in [5.41, 5.74) is -0.465. The summed E-state index contributed by atoms with van der Waals surface area (Å²) in [5, 5.41) is 0.583. The average molecular weight is 512 g/mol. The molecule has 2 aliphatic heterocycles. The average Bonchev–Trinajstić information content (AvgIpc) is 3.00. The second-order valence-electron chi connectivity index (χ2n) is 9.85. The van der Waals surface area contributed by atoms with E-state index in [9.17, 15) is 4.79 Å². The van der Waals surface area contributed by atoms with E-state index in [0.717, 1.165) is 18.6 Å². The van der Waals surface area contributed by atoms with Crippen molar-refractivity contribution in [3.63, 3.8) is 0 Å². The molecule has 186 valence electrons. The molecule has 0 radical (unpaired) electrons. The Kier molecular flexibility index (Phi) is 7.01. The smallest absolute Gasteiger partial charge is 0.410 e. The second kappa shape index (κ2) is 9.53. The van der Waals surface area contributed by atoms with E-state index in [-0.39, 0.29) is 40.8 Å². The molecule has 0 N–H and O–H groups in total. The third kappa shape index (κ3) is 4.98. The van der Waals surface area contributed by atoms with E-state index in [2.05, 4.69) is 14.9 Å². The summed E-state index contributed by atoms with van der Waals surface area (Å²) >= 11 is 7.53. The Labute approximate surface area is 208 Å². The van der Waals surface area contributed by atoms with Crippen molar-refractivity contribution in [3.05, 3.63) is 11.0 Å². The minimum atomic E-state index is -0.690. The first kappa shape index (κ1) is 25.0. The molecule has 2 fully saturated rings. The molecule has 1 amide bonds. The van der Waals surface area contributed by atoms with Crippen molar-refractivity contribution in [1.82, 2.24) is 19.9 Å². The second-order valence-corrected chi connectivity index (χ2v) is 11.4. The van der Waals surface area contributed by atoms with Gasteiger partial charge in [0, 0.05) is 13.1 Å². The number of thioether (sulfide) groups is 1. The fourth-order valence-corrected chi connectivity index (χ4v) is 5.23. The fraction of sp³-hybridized carbons (Fsp3) is 0.652. The molecule has 2 saturated heterocycles. The number of carbonyl (C=O) groups excluding carboxylic acids is 1. The van der Waals surface area contributed by atoms with Gasteiger partial charge in [0.05, 0.1) is 18.2 Å². The Morgan fingerprint density at radius 1 is 1.21 bits per heavy atom. The van der Waals surface area contributed by atoms with Crippen LogP contribution in [0.5, 0.6) is 5.88 Å². The Hall–Kier alpha value is -2.07. The van der Waals surface area contributed by atoms with Gasteiger partial charge in [0.25, 0.3) is 0 Å². The Balaban J connectivity index is 1.77. The first-order valence-corrected chi connectivity index (χ1v) is 13.0. The maximum atomic E-state index is 15.1. The number of nitrogens with zero attached hydrogens (tertiary/aromatic N) is 5. The SMILES string of the molecule is CCSc1nc(N2CC3CCC(C2)N3C(=O)OC(C)(C)C)c2c(OC(C)C)nc(Cl)c(F)c2n1. The molecule has 0 aliphatic carbocycles. The van der Waals surface area contributed by atoms with Crippen LogP contribution >= 0.6 is 23.4 Å². The summed E-state index contributed by atoms with van der Waals surface area (Å²) in [6.45, 7) is 12.4. The van der Waals surface area contributed by atoms with Gasteiger partial charge in [-0.25, -0.2) is 19.2 Å². The van der Waals surface area contributed by atoms with Crippen LogP contribution < -0.4 is 9.64 Å². The highest BCUT2D eigenvalue weighted by molar-refractivity contribution is 7.99. The van der Waals surface area contributed by atoms with Crippen LogP contribution in [0, 0.1) is 5.82 Å². The van der Waals surface area contributed by atoms with Gasteiger partial charge in [-0.15, -0.1) is 0 Å². The minimum absolute atomic E-state index is 0.0273. The van der Waals surface area contributed by atoms with Gasteiger partial charge >= 0.3 is 6.09 Å². The van der Waals surface area contributed by atoms with Crippen LogP contribution in [0.4, 0.5) is 15.0 Å². The number of fused-ring (bicyclic) bond motifs is 3. The molecule has 11 heteroatoms. The number of carbonyl (C=O) groups is 1. The quantitative estimate of drug-likeness (QED) is 0.304. The number of halogens is 2. The van der Waals surface area contributed by atoms with Gasteiger partial charge in [-0.1, -0.05) is 30.3 Å². The summed E-state index contributed by atoms with van der Waals surface area (Å²) in [4.78, 5) is 30.3. The predicted octanol–water partition coefficient (Wildman–Crippen LogP) is 5.30. The zero-order valence-electron chi connectivity index (χ0n) is 20.4. The Bertz CT molecular complexity index is 1080. The number of piperazine rings is 1. The molecule has 2 unspecified atom stereocenters. The molecular formula is C23H31ClFN5O3S. The summed E-state index contributed by atoms with van der Waals surface area (Å²) in [6.07, 6.45) is 1.24. The molecule has 0 spiro atoms. The maximum Gasteiger partial charge on any atom is 0.410 e. The molecule has 2 aliphatic rings. The van der Waals surface area contributed by atoms with Crippen LogP contribution in [0.15, 0.2) is 5.16 Å².